The van der Waals surface area contributed by atoms with Crippen LogP contribution in [0.2, 0.25) is 0 Å². The molecule has 2 amide bonds. The van der Waals surface area contributed by atoms with Crippen LogP contribution in [0.4, 0.5) is 0 Å². The number of piperazine rings is 1. The Morgan fingerprint density at radius 1 is 0.879 bits per heavy atom. The second-order valence-corrected chi connectivity index (χ2v) is 9.03. The van der Waals surface area contributed by atoms with Crippen LogP contribution in [0.25, 0.3) is 0 Å². The first-order valence-corrected chi connectivity index (χ1v) is 11.5. The molecule has 7 heteroatoms. The maximum atomic E-state index is 13.7. The summed E-state index contributed by atoms with van der Waals surface area (Å²) in [5.74, 6) is 0.981. The third-order valence-electron chi connectivity index (χ3n) is 6.87. The van der Waals surface area contributed by atoms with Crippen molar-refractivity contribution in [3.8, 4) is 11.5 Å². The van der Waals surface area contributed by atoms with Crippen molar-refractivity contribution in [3.63, 3.8) is 0 Å². The van der Waals surface area contributed by atoms with Gasteiger partial charge in [0, 0.05) is 56.3 Å². The van der Waals surface area contributed by atoms with Crippen molar-refractivity contribution >= 4 is 11.8 Å². The van der Waals surface area contributed by atoms with Gasteiger partial charge in [0.15, 0.2) is 0 Å². The molecule has 0 bridgehead atoms. The number of ether oxygens (including phenoxy) is 2. The Labute approximate surface area is 195 Å². The summed E-state index contributed by atoms with van der Waals surface area (Å²) in [5, 5.41) is 0. The van der Waals surface area contributed by atoms with E-state index in [9.17, 15) is 9.59 Å². The lowest BCUT2D eigenvalue weighted by Gasteiger charge is -2.35. The number of carbonyl (C=O) groups is 2. The molecule has 7 nitrogen and oxygen atoms in total. The summed E-state index contributed by atoms with van der Waals surface area (Å²) in [4.78, 5) is 33.0. The van der Waals surface area contributed by atoms with Crippen molar-refractivity contribution in [2.24, 2.45) is 5.92 Å². The molecule has 0 aliphatic carbocycles. The normalized spacial score (nSPS) is 21.2. The van der Waals surface area contributed by atoms with Crippen molar-refractivity contribution in [3.05, 3.63) is 59.2 Å². The SMILES string of the molecule is COc1ccc(OC)c([C@H]2CN(C(=O)c3ccc(C)cc3)C[C@H]2C(=O)N2CCN(C)CC2)c1. The largest absolute Gasteiger partial charge is 0.497 e. The van der Waals surface area contributed by atoms with Gasteiger partial charge in [0.05, 0.1) is 20.1 Å². The van der Waals surface area contributed by atoms with Crippen molar-refractivity contribution < 1.29 is 19.1 Å². The average molecular weight is 452 g/mol. The van der Waals surface area contributed by atoms with Crippen molar-refractivity contribution in [1.29, 1.82) is 0 Å². The fraction of sp³-hybridized carbons (Fsp3) is 0.462. The van der Waals surface area contributed by atoms with Gasteiger partial charge in [0.2, 0.25) is 5.91 Å². The minimum atomic E-state index is -0.330. The molecule has 2 fully saturated rings. The molecule has 0 aromatic heterocycles. The fourth-order valence-corrected chi connectivity index (χ4v) is 4.80. The van der Waals surface area contributed by atoms with Gasteiger partial charge >= 0.3 is 0 Å². The van der Waals surface area contributed by atoms with Gasteiger partial charge in [-0.15, -0.1) is 0 Å². The van der Waals surface area contributed by atoms with Gasteiger partial charge in [-0.3, -0.25) is 9.59 Å². The molecular weight excluding hydrogens is 418 g/mol. The summed E-state index contributed by atoms with van der Waals surface area (Å²) < 4.78 is 11.1. The van der Waals surface area contributed by atoms with E-state index in [1.54, 1.807) is 14.2 Å². The second-order valence-electron chi connectivity index (χ2n) is 9.03. The summed E-state index contributed by atoms with van der Waals surface area (Å²) in [7, 11) is 5.33. The van der Waals surface area contributed by atoms with E-state index in [0.29, 0.717) is 43.2 Å². The predicted octanol–water partition coefficient (Wildman–Crippen LogP) is 2.64. The van der Waals surface area contributed by atoms with E-state index in [-0.39, 0.29) is 23.7 Å². The Morgan fingerprint density at radius 3 is 2.21 bits per heavy atom. The first kappa shape index (κ1) is 23.1. The zero-order valence-corrected chi connectivity index (χ0v) is 19.9. The van der Waals surface area contributed by atoms with Crippen LogP contribution in [0.15, 0.2) is 42.5 Å². The summed E-state index contributed by atoms with van der Waals surface area (Å²) in [6, 6.07) is 13.3. The summed E-state index contributed by atoms with van der Waals surface area (Å²) in [6.07, 6.45) is 0. The van der Waals surface area contributed by atoms with Crippen molar-refractivity contribution in [1.82, 2.24) is 14.7 Å². The fourth-order valence-electron chi connectivity index (χ4n) is 4.80. The van der Waals surface area contributed by atoms with Crippen LogP contribution in [0.3, 0.4) is 0 Å². The second kappa shape index (κ2) is 9.83. The topological polar surface area (TPSA) is 62.3 Å². The van der Waals surface area contributed by atoms with Gasteiger partial charge in [-0.2, -0.15) is 0 Å². The van der Waals surface area contributed by atoms with Gasteiger partial charge in [0.1, 0.15) is 11.5 Å². The van der Waals surface area contributed by atoms with Crippen LogP contribution >= 0.6 is 0 Å². The number of hydrogen-bond acceptors (Lipinski definition) is 5. The number of amides is 2. The number of likely N-dealkylation sites (N-methyl/N-ethyl adjacent to an activating group) is 1. The lowest BCUT2D eigenvalue weighted by atomic mass is 9.87. The highest BCUT2D eigenvalue weighted by atomic mass is 16.5. The molecule has 0 spiro atoms. The van der Waals surface area contributed by atoms with Crippen LogP contribution in [0.5, 0.6) is 11.5 Å². The molecule has 2 aromatic carbocycles. The van der Waals surface area contributed by atoms with Gasteiger partial charge in [-0.05, 0) is 44.3 Å². The number of benzene rings is 2. The van der Waals surface area contributed by atoms with Crippen LogP contribution in [0, 0.1) is 12.8 Å². The van der Waals surface area contributed by atoms with E-state index in [1.807, 2.05) is 59.2 Å². The van der Waals surface area contributed by atoms with Crippen LogP contribution < -0.4 is 9.47 Å². The summed E-state index contributed by atoms with van der Waals surface area (Å²) in [6.45, 7) is 5.98. The molecule has 2 aromatic rings. The first-order chi connectivity index (χ1) is 15.9. The minimum absolute atomic E-state index is 0.0458. The summed E-state index contributed by atoms with van der Waals surface area (Å²) in [5.41, 5.74) is 2.66. The number of hydrogen-bond donors (Lipinski definition) is 0. The third kappa shape index (κ3) is 4.83. The molecule has 176 valence electrons. The Hall–Kier alpha value is -3.06. The van der Waals surface area contributed by atoms with Gasteiger partial charge < -0.3 is 24.2 Å². The molecule has 0 N–H and O–H groups in total. The average Bonchev–Trinajstić information content (AvgIpc) is 3.29. The molecule has 0 unspecified atom stereocenters. The Balaban J connectivity index is 1.66. The quantitative estimate of drug-likeness (QED) is 0.700. The number of carbonyl (C=O) groups excluding carboxylic acids is 2. The molecule has 33 heavy (non-hydrogen) atoms. The number of nitrogens with zero attached hydrogens (tertiary/aromatic N) is 3. The third-order valence-corrected chi connectivity index (χ3v) is 6.87. The zero-order chi connectivity index (χ0) is 23.5. The lowest BCUT2D eigenvalue weighted by molar-refractivity contribution is -0.137. The number of aryl methyl sites for hydroxylation is 1. The molecule has 0 radical (unpaired) electrons. The van der Waals surface area contributed by atoms with E-state index < -0.39 is 0 Å². The number of rotatable bonds is 5. The van der Waals surface area contributed by atoms with E-state index in [4.69, 9.17) is 9.47 Å². The molecule has 4 rings (SSSR count). The molecule has 2 heterocycles. The van der Waals surface area contributed by atoms with E-state index in [2.05, 4.69) is 11.9 Å². The molecule has 2 aliphatic rings. The Kier molecular flexibility index (Phi) is 6.88. The van der Waals surface area contributed by atoms with Crippen LogP contribution in [0.1, 0.15) is 27.4 Å². The summed E-state index contributed by atoms with van der Waals surface area (Å²) >= 11 is 0. The highest BCUT2D eigenvalue weighted by Gasteiger charge is 2.43. The zero-order valence-electron chi connectivity index (χ0n) is 19.9. The maximum Gasteiger partial charge on any atom is 0.253 e. The van der Waals surface area contributed by atoms with E-state index in [1.165, 1.54) is 0 Å². The standard InChI is InChI=1S/C26H33N3O4/c1-18-5-7-19(8-6-18)25(30)29-16-22(21-15-20(32-3)9-10-24(21)33-4)23(17-29)26(31)28-13-11-27(2)12-14-28/h5-10,15,22-23H,11-14,16-17H2,1-4H3/t22-,23-/m1/s1. The van der Waals surface area contributed by atoms with Crippen LogP contribution in [-0.4, -0.2) is 87.0 Å². The van der Waals surface area contributed by atoms with E-state index in [0.717, 1.165) is 24.2 Å². The molecule has 2 aliphatic heterocycles. The Bertz CT molecular complexity index is 999. The Morgan fingerprint density at radius 2 is 1.58 bits per heavy atom. The highest BCUT2D eigenvalue weighted by molar-refractivity contribution is 5.95. The smallest absolute Gasteiger partial charge is 0.253 e. The molecule has 2 saturated heterocycles. The maximum absolute atomic E-state index is 13.7. The lowest BCUT2D eigenvalue weighted by Crippen LogP contribution is -2.50. The molecule has 0 saturated carbocycles. The first-order valence-electron chi connectivity index (χ1n) is 11.5. The number of methoxy groups -OCH3 is 2. The monoisotopic (exact) mass is 451 g/mol. The predicted molar refractivity (Wildman–Crippen MR) is 127 cm³/mol. The molecular formula is C26H33N3O4. The van der Waals surface area contributed by atoms with Crippen LogP contribution in [-0.2, 0) is 4.79 Å². The van der Waals surface area contributed by atoms with E-state index >= 15 is 0 Å². The number of likely N-dealkylation sites (tertiary alicyclic amines) is 1. The highest BCUT2D eigenvalue weighted by Crippen LogP contribution is 2.40. The minimum Gasteiger partial charge on any atom is -0.497 e. The van der Waals surface area contributed by atoms with Gasteiger partial charge in [0.25, 0.3) is 5.91 Å². The molecule has 2 atom stereocenters. The van der Waals surface area contributed by atoms with Gasteiger partial charge in [-0.1, -0.05) is 17.7 Å². The van der Waals surface area contributed by atoms with Crippen molar-refractivity contribution in [2.75, 3.05) is 60.5 Å². The van der Waals surface area contributed by atoms with Gasteiger partial charge in [-0.25, -0.2) is 0 Å². The van der Waals surface area contributed by atoms with Crippen molar-refractivity contribution in [2.45, 2.75) is 12.8 Å².